The van der Waals surface area contributed by atoms with Crippen LogP contribution < -0.4 is 0 Å². The first-order valence-electron chi connectivity index (χ1n) is 7.05. The van der Waals surface area contributed by atoms with Gasteiger partial charge in [-0.3, -0.25) is 0 Å². The van der Waals surface area contributed by atoms with Crippen LogP contribution in [0.25, 0.3) is 0 Å². The zero-order valence-corrected chi connectivity index (χ0v) is 12.1. The third-order valence-corrected chi connectivity index (χ3v) is 2.90. The van der Waals surface area contributed by atoms with E-state index in [9.17, 15) is 9.59 Å². The highest BCUT2D eigenvalue weighted by molar-refractivity contribution is 6.29. The maximum absolute atomic E-state index is 11.4. The first-order valence-corrected chi connectivity index (χ1v) is 7.05. The smallest absolute Gasteiger partial charge is 0.417 e. The highest BCUT2D eigenvalue weighted by Crippen LogP contribution is 1.99. The van der Waals surface area contributed by atoms with Gasteiger partial charge in [-0.2, -0.15) is 0 Å². The molecule has 118 valence electrons. The third-order valence-electron chi connectivity index (χ3n) is 2.90. The van der Waals surface area contributed by atoms with E-state index in [1.807, 2.05) is 0 Å². The lowest BCUT2D eigenvalue weighted by molar-refractivity contribution is -0.167. The standard InChI is InChI=1S/C14H18N4O4/c19-13(21-5-1-3-11-7-15-9-17-11)14(20)22-6-2-4-12-8-16-10-18-12/h7-10H,1-6H2,(H,15,17)(H,16,18). The van der Waals surface area contributed by atoms with Crippen molar-refractivity contribution >= 4 is 11.9 Å². The van der Waals surface area contributed by atoms with Crippen LogP contribution in [0.3, 0.4) is 0 Å². The Morgan fingerprint density at radius 2 is 1.32 bits per heavy atom. The van der Waals surface area contributed by atoms with Crippen LogP contribution in [0.15, 0.2) is 25.0 Å². The monoisotopic (exact) mass is 306 g/mol. The number of hydrogen-bond acceptors (Lipinski definition) is 6. The zero-order chi connectivity index (χ0) is 15.6. The van der Waals surface area contributed by atoms with Gasteiger partial charge >= 0.3 is 11.9 Å². The summed E-state index contributed by atoms with van der Waals surface area (Å²) >= 11 is 0. The predicted octanol–water partition coefficient (Wildman–Crippen LogP) is 0.785. The van der Waals surface area contributed by atoms with Crippen LogP contribution in [0.4, 0.5) is 0 Å². The maximum atomic E-state index is 11.4. The van der Waals surface area contributed by atoms with Gasteiger partial charge in [0.15, 0.2) is 0 Å². The van der Waals surface area contributed by atoms with Crippen molar-refractivity contribution in [2.45, 2.75) is 25.7 Å². The van der Waals surface area contributed by atoms with E-state index in [-0.39, 0.29) is 13.2 Å². The lowest BCUT2D eigenvalue weighted by Crippen LogP contribution is -2.21. The number of aryl methyl sites for hydroxylation is 2. The van der Waals surface area contributed by atoms with Crippen molar-refractivity contribution in [3.05, 3.63) is 36.4 Å². The molecule has 0 aliphatic rings. The molecule has 8 nitrogen and oxygen atoms in total. The molecule has 22 heavy (non-hydrogen) atoms. The average molecular weight is 306 g/mol. The van der Waals surface area contributed by atoms with E-state index in [2.05, 4.69) is 19.9 Å². The van der Waals surface area contributed by atoms with Gasteiger partial charge in [0.05, 0.1) is 37.3 Å². The Morgan fingerprint density at radius 1 is 0.864 bits per heavy atom. The summed E-state index contributed by atoms with van der Waals surface area (Å²) in [5.41, 5.74) is 1.77. The highest BCUT2D eigenvalue weighted by Gasteiger charge is 2.16. The van der Waals surface area contributed by atoms with Crippen LogP contribution in [-0.2, 0) is 31.9 Å². The molecule has 0 atom stereocenters. The molecule has 8 heteroatoms. The zero-order valence-electron chi connectivity index (χ0n) is 12.1. The van der Waals surface area contributed by atoms with Crippen LogP contribution >= 0.6 is 0 Å². The molecule has 0 aliphatic heterocycles. The van der Waals surface area contributed by atoms with E-state index < -0.39 is 11.9 Å². The summed E-state index contributed by atoms with van der Waals surface area (Å²) < 4.78 is 9.67. The largest absolute Gasteiger partial charge is 0.457 e. The van der Waals surface area contributed by atoms with Gasteiger partial charge in [0.25, 0.3) is 0 Å². The maximum Gasteiger partial charge on any atom is 0.417 e. The molecule has 0 aliphatic carbocycles. The summed E-state index contributed by atoms with van der Waals surface area (Å²) in [7, 11) is 0. The van der Waals surface area contributed by atoms with Crippen molar-refractivity contribution < 1.29 is 19.1 Å². The van der Waals surface area contributed by atoms with Gasteiger partial charge in [-0.25, -0.2) is 19.6 Å². The van der Waals surface area contributed by atoms with Gasteiger partial charge in [0.2, 0.25) is 0 Å². The molecule has 0 aromatic carbocycles. The minimum Gasteiger partial charge on any atom is -0.457 e. The first-order chi connectivity index (χ1) is 10.8. The number of esters is 2. The number of ether oxygens (including phenoxy) is 2. The second-order valence-corrected chi connectivity index (χ2v) is 4.60. The van der Waals surface area contributed by atoms with Crippen molar-refractivity contribution in [3.8, 4) is 0 Å². The fourth-order valence-electron chi connectivity index (χ4n) is 1.81. The molecule has 0 saturated heterocycles. The minimum atomic E-state index is -0.957. The van der Waals surface area contributed by atoms with Gasteiger partial charge in [-0.1, -0.05) is 0 Å². The summed E-state index contributed by atoms with van der Waals surface area (Å²) in [5.74, 6) is -1.91. The summed E-state index contributed by atoms with van der Waals surface area (Å²) in [6, 6.07) is 0. The summed E-state index contributed by atoms with van der Waals surface area (Å²) in [4.78, 5) is 36.5. The van der Waals surface area contributed by atoms with E-state index in [4.69, 9.17) is 9.47 Å². The van der Waals surface area contributed by atoms with Crippen LogP contribution in [0, 0.1) is 0 Å². The van der Waals surface area contributed by atoms with Crippen LogP contribution in [0.2, 0.25) is 0 Å². The molecular formula is C14H18N4O4. The molecule has 2 aromatic rings. The van der Waals surface area contributed by atoms with Gasteiger partial charge in [0, 0.05) is 12.4 Å². The normalized spacial score (nSPS) is 10.4. The molecule has 2 rings (SSSR count). The van der Waals surface area contributed by atoms with Gasteiger partial charge in [0.1, 0.15) is 0 Å². The SMILES string of the molecule is O=C(OCCCc1c[nH]cn1)C(=O)OCCCc1c[nH]cn1. The van der Waals surface area contributed by atoms with Gasteiger partial charge in [-0.05, 0) is 25.7 Å². The van der Waals surface area contributed by atoms with E-state index in [0.29, 0.717) is 25.7 Å². The lowest BCUT2D eigenvalue weighted by atomic mass is 10.2. The van der Waals surface area contributed by atoms with Crippen LogP contribution in [0.1, 0.15) is 24.2 Å². The number of imidazole rings is 2. The second-order valence-electron chi connectivity index (χ2n) is 4.60. The highest BCUT2D eigenvalue weighted by atomic mass is 16.6. The van der Waals surface area contributed by atoms with Crippen LogP contribution in [0.5, 0.6) is 0 Å². The number of carbonyl (C=O) groups excluding carboxylic acids is 2. The van der Waals surface area contributed by atoms with E-state index >= 15 is 0 Å². The number of nitrogens with zero attached hydrogens (tertiary/aromatic N) is 2. The van der Waals surface area contributed by atoms with Gasteiger partial charge < -0.3 is 19.4 Å². The Balaban J connectivity index is 1.51. The Morgan fingerprint density at radius 3 is 1.68 bits per heavy atom. The molecule has 0 radical (unpaired) electrons. The molecule has 2 heterocycles. The Hall–Kier alpha value is -2.64. The topological polar surface area (TPSA) is 110 Å². The molecule has 2 N–H and O–H groups in total. The number of aromatic nitrogens is 4. The summed E-state index contributed by atoms with van der Waals surface area (Å²) in [6.45, 7) is 0.322. The number of rotatable bonds is 8. The number of aromatic amines is 2. The molecule has 2 aromatic heterocycles. The Labute approximate surface area is 127 Å². The molecule has 0 unspecified atom stereocenters. The predicted molar refractivity (Wildman–Crippen MR) is 75.7 cm³/mol. The first kappa shape index (κ1) is 15.7. The lowest BCUT2D eigenvalue weighted by Gasteiger charge is -2.05. The number of carbonyl (C=O) groups is 2. The molecule has 0 fully saturated rings. The average Bonchev–Trinajstić information content (AvgIpc) is 3.20. The Bertz CT molecular complexity index is 513. The molecule has 0 bridgehead atoms. The number of hydrogen-bond donors (Lipinski definition) is 2. The summed E-state index contributed by atoms with van der Waals surface area (Å²) in [5, 5.41) is 0. The van der Waals surface area contributed by atoms with Crippen molar-refractivity contribution in [2.75, 3.05) is 13.2 Å². The number of nitrogens with one attached hydrogen (secondary N) is 2. The number of H-pyrrole nitrogens is 2. The Kier molecular flexibility index (Phi) is 6.16. The minimum absolute atomic E-state index is 0.161. The van der Waals surface area contributed by atoms with E-state index in [0.717, 1.165) is 11.4 Å². The van der Waals surface area contributed by atoms with Gasteiger partial charge in [-0.15, -0.1) is 0 Å². The summed E-state index contributed by atoms with van der Waals surface area (Å²) in [6.07, 6.45) is 9.27. The molecule has 0 spiro atoms. The van der Waals surface area contributed by atoms with Crippen LogP contribution in [-0.4, -0.2) is 45.1 Å². The van der Waals surface area contributed by atoms with E-state index in [1.165, 1.54) is 0 Å². The van der Waals surface area contributed by atoms with Crippen molar-refractivity contribution in [1.29, 1.82) is 0 Å². The quantitative estimate of drug-likeness (QED) is 0.424. The van der Waals surface area contributed by atoms with Crippen molar-refractivity contribution in [2.24, 2.45) is 0 Å². The second kappa shape index (κ2) is 8.60. The molecule has 0 amide bonds. The van der Waals surface area contributed by atoms with Crippen molar-refractivity contribution in [3.63, 3.8) is 0 Å². The fraction of sp³-hybridized carbons (Fsp3) is 0.429. The van der Waals surface area contributed by atoms with E-state index in [1.54, 1.807) is 25.0 Å². The fourth-order valence-corrected chi connectivity index (χ4v) is 1.81. The molecular weight excluding hydrogens is 288 g/mol. The van der Waals surface area contributed by atoms with Crippen molar-refractivity contribution in [1.82, 2.24) is 19.9 Å². The third kappa shape index (κ3) is 5.39. The molecule has 0 saturated carbocycles.